The van der Waals surface area contributed by atoms with E-state index in [-0.39, 0.29) is 5.91 Å². The maximum absolute atomic E-state index is 10.9. The van der Waals surface area contributed by atoms with E-state index >= 15 is 0 Å². The summed E-state index contributed by atoms with van der Waals surface area (Å²) >= 11 is 7.25. The molecule has 2 rings (SSSR count). The lowest BCUT2D eigenvalue weighted by Crippen LogP contribution is -2.06. The molecule has 3 nitrogen and oxygen atoms in total. The minimum Gasteiger partial charge on any atom is -0.334 e. The molecule has 0 fully saturated rings. The highest BCUT2D eigenvalue weighted by Crippen LogP contribution is 2.26. The third kappa shape index (κ3) is 2.33. The Balaban J connectivity index is 2.21. The molecule has 0 aliphatic carbocycles. The molecule has 15 heavy (non-hydrogen) atoms. The number of carbonyl (C=O) groups is 1. The smallest absolute Gasteiger partial charge is 0.263 e. The lowest BCUT2D eigenvalue weighted by Gasteiger charge is -2.08. The summed E-state index contributed by atoms with van der Waals surface area (Å²) in [6.45, 7) is 1.91. The number of carbonyl (C=O) groups excluding carboxylic acids is 1. The number of amidine groups is 1. The van der Waals surface area contributed by atoms with Crippen molar-refractivity contribution in [2.45, 2.75) is 6.92 Å². The van der Waals surface area contributed by atoms with E-state index < -0.39 is 0 Å². The first kappa shape index (κ1) is 10.5. The number of benzene rings is 1. The van der Waals surface area contributed by atoms with Crippen molar-refractivity contribution >= 4 is 40.1 Å². The van der Waals surface area contributed by atoms with Crippen molar-refractivity contribution in [1.29, 1.82) is 0 Å². The molecule has 0 spiro atoms. The van der Waals surface area contributed by atoms with Gasteiger partial charge in [-0.15, -0.1) is 0 Å². The number of thioether (sulfide) groups is 1. The van der Waals surface area contributed by atoms with Gasteiger partial charge in [0.15, 0.2) is 5.17 Å². The highest BCUT2D eigenvalue weighted by Gasteiger charge is 2.16. The molecule has 1 amide bonds. The SMILES string of the molecule is Cc1c(Cl)cccc1NC1=NC(=O)[CH]S1. The monoisotopic (exact) mass is 239 g/mol. The zero-order valence-corrected chi connectivity index (χ0v) is 9.52. The van der Waals surface area contributed by atoms with Crippen molar-refractivity contribution < 1.29 is 4.79 Å². The average molecular weight is 240 g/mol. The summed E-state index contributed by atoms with van der Waals surface area (Å²) in [7, 11) is 0. The van der Waals surface area contributed by atoms with E-state index in [1.54, 1.807) is 0 Å². The average Bonchev–Trinajstić information content (AvgIpc) is 2.59. The van der Waals surface area contributed by atoms with Gasteiger partial charge in [-0.1, -0.05) is 29.4 Å². The Morgan fingerprint density at radius 2 is 2.27 bits per heavy atom. The minimum atomic E-state index is -0.220. The fraction of sp³-hybridized carbons (Fsp3) is 0.100. The number of aliphatic imine (C=N–C) groups is 1. The molecule has 0 aromatic heterocycles. The van der Waals surface area contributed by atoms with Gasteiger partial charge < -0.3 is 5.32 Å². The molecule has 1 aliphatic rings. The Morgan fingerprint density at radius 1 is 1.47 bits per heavy atom. The van der Waals surface area contributed by atoms with E-state index in [0.29, 0.717) is 10.2 Å². The highest BCUT2D eigenvalue weighted by atomic mass is 35.5. The van der Waals surface area contributed by atoms with Gasteiger partial charge in [0.2, 0.25) is 0 Å². The van der Waals surface area contributed by atoms with Gasteiger partial charge in [-0.05, 0) is 24.6 Å². The van der Waals surface area contributed by atoms with Crippen LogP contribution in [0.4, 0.5) is 5.69 Å². The van der Waals surface area contributed by atoms with E-state index in [9.17, 15) is 4.79 Å². The number of amides is 1. The topological polar surface area (TPSA) is 41.5 Å². The quantitative estimate of drug-likeness (QED) is 0.819. The van der Waals surface area contributed by atoms with Crippen LogP contribution in [0.15, 0.2) is 23.2 Å². The maximum Gasteiger partial charge on any atom is 0.263 e. The molecule has 1 aromatic rings. The van der Waals surface area contributed by atoms with E-state index in [4.69, 9.17) is 11.6 Å². The summed E-state index contributed by atoms with van der Waals surface area (Å²) in [4.78, 5) is 14.7. The third-order valence-corrected chi connectivity index (χ3v) is 3.14. The van der Waals surface area contributed by atoms with Gasteiger partial charge in [0.1, 0.15) is 5.75 Å². The number of hydrogen-bond acceptors (Lipinski definition) is 3. The fourth-order valence-electron chi connectivity index (χ4n) is 1.17. The van der Waals surface area contributed by atoms with Crippen molar-refractivity contribution in [3.63, 3.8) is 0 Å². The van der Waals surface area contributed by atoms with E-state index in [0.717, 1.165) is 11.3 Å². The number of anilines is 1. The summed E-state index contributed by atoms with van der Waals surface area (Å²) in [6, 6.07) is 5.57. The molecular formula is C10H8ClN2OS. The number of nitrogens with zero attached hydrogens (tertiary/aromatic N) is 1. The van der Waals surface area contributed by atoms with Gasteiger partial charge in [0.05, 0.1) is 0 Å². The van der Waals surface area contributed by atoms with Gasteiger partial charge in [0, 0.05) is 10.7 Å². The summed E-state index contributed by atoms with van der Waals surface area (Å²) in [5.74, 6) is 1.24. The van der Waals surface area contributed by atoms with Crippen LogP contribution >= 0.6 is 23.4 Å². The molecule has 0 bridgehead atoms. The second-order valence-corrected chi connectivity index (χ2v) is 4.29. The number of hydrogen-bond donors (Lipinski definition) is 1. The molecule has 0 atom stereocenters. The first-order valence-electron chi connectivity index (χ1n) is 4.31. The Morgan fingerprint density at radius 3 is 2.93 bits per heavy atom. The lowest BCUT2D eigenvalue weighted by atomic mass is 10.2. The van der Waals surface area contributed by atoms with Crippen LogP contribution in [0.1, 0.15) is 5.56 Å². The van der Waals surface area contributed by atoms with Crippen molar-refractivity contribution in [1.82, 2.24) is 0 Å². The summed E-state index contributed by atoms with van der Waals surface area (Å²) in [5, 5.41) is 4.34. The Bertz CT molecular complexity index is 445. The van der Waals surface area contributed by atoms with Crippen molar-refractivity contribution in [3.8, 4) is 0 Å². The molecule has 0 saturated carbocycles. The van der Waals surface area contributed by atoms with Crippen molar-refractivity contribution in [2.24, 2.45) is 4.99 Å². The molecule has 1 radical (unpaired) electrons. The largest absolute Gasteiger partial charge is 0.334 e. The van der Waals surface area contributed by atoms with Crippen LogP contribution in [0.2, 0.25) is 5.02 Å². The van der Waals surface area contributed by atoms with Gasteiger partial charge in [-0.25, -0.2) is 0 Å². The summed E-state index contributed by atoms with van der Waals surface area (Å²) in [5.41, 5.74) is 1.82. The minimum absolute atomic E-state index is 0.220. The molecular weight excluding hydrogens is 232 g/mol. The third-order valence-electron chi connectivity index (χ3n) is 1.99. The molecule has 1 aromatic carbocycles. The van der Waals surface area contributed by atoms with Crippen LogP contribution in [0.3, 0.4) is 0 Å². The van der Waals surface area contributed by atoms with Crippen molar-refractivity contribution in [2.75, 3.05) is 5.32 Å². The first-order chi connectivity index (χ1) is 7.16. The van der Waals surface area contributed by atoms with E-state index in [2.05, 4.69) is 10.3 Å². The van der Waals surface area contributed by atoms with Crippen molar-refractivity contribution in [3.05, 3.63) is 34.5 Å². The maximum atomic E-state index is 10.9. The van der Waals surface area contributed by atoms with Crippen LogP contribution in [0.25, 0.3) is 0 Å². The van der Waals surface area contributed by atoms with Crippen LogP contribution < -0.4 is 5.32 Å². The van der Waals surface area contributed by atoms with Crippen LogP contribution in [0.5, 0.6) is 0 Å². The Hall–Kier alpha value is -1.000. The van der Waals surface area contributed by atoms with Gasteiger partial charge in [-0.3, -0.25) is 4.79 Å². The van der Waals surface area contributed by atoms with Crippen LogP contribution in [-0.4, -0.2) is 11.1 Å². The fourth-order valence-corrected chi connectivity index (χ4v) is 1.93. The highest BCUT2D eigenvalue weighted by molar-refractivity contribution is 8.17. The standard InChI is InChI=1S/C10H8ClN2OS/c1-6-7(11)3-2-4-8(6)12-10-13-9(14)5-15-10/h2-5H,1H3,(H,12,13,14). The van der Waals surface area contributed by atoms with E-state index in [1.165, 1.54) is 17.5 Å². The van der Waals surface area contributed by atoms with E-state index in [1.807, 2.05) is 25.1 Å². The second kappa shape index (κ2) is 4.24. The molecule has 0 unspecified atom stereocenters. The molecule has 1 N–H and O–H groups in total. The number of rotatable bonds is 1. The summed E-state index contributed by atoms with van der Waals surface area (Å²) in [6.07, 6.45) is 0. The normalized spacial score (nSPS) is 15.3. The van der Waals surface area contributed by atoms with Crippen LogP contribution in [-0.2, 0) is 4.79 Å². The van der Waals surface area contributed by atoms with Crippen LogP contribution in [0, 0.1) is 12.7 Å². The predicted octanol–water partition coefficient (Wildman–Crippen LogP) is 2.85. The molecule has 77 valence electrons. The Labute approximate surface area is 96.9 Å². The first-order valence-corrected chi connectivity index (χ1v) is 5.57. The Kier molecular flexibility index (Phi) is 2.98. The zero-order chi connectivity index (χ0) is 10.8. The molecule has 0 saturated heterocycles. The summed E-state index contributed by atoms with van der Waals surface area (Å²) < 4.78 is 0. The number of nitrogens with one attached hydrogen (secondary N) is 1. The zero-order valence-electron chi connectivity index (χ0n) is 7.95. The number of halogens is 1. The molecule has 1 aliphatic heterocycles. The second-order valence-electron chi connectivity index (χ2n) is 3.03. The van der Waals surface area contributed by atoms with Gasteiger partial charge in [-0.2, -0.15) is 4.99 Å². The molecule has 5 heteroatoms. The van der Waals surface area contributed by atoms with Gasteiger partial charge in [0.25, 0.3) is 5.91 Å². The predicted molar refractivity (Wildman–Crippen MR) is 64.1 cm³/mol. The van der Waals surface area contributed by atoms with Gasteiger partial charge >= 0.3 is 0 Å². The molecule has 1 heterocycles. The lowest BCUT2D eigenvalue weighted by molar-refractivity contribution is -0.113.